The fourth-order valence-electron chi connectivity index (χ4n) is 20.9. The summed E-state index contributed by atoms with van der Waals surface area (Å²) in [6.45, 7) is 32.5. The first-order valence-electron chi connectivity index (χ1n) is 45.5. The first-order chi connectivity index (χ1) is 49.5. The van der Waals surface area contributed by atoms with Crippen LogP contribution in [0, 0.1) is 118 Å². The fraction of sp³-hybridized carbons (Fsp3) is 1.00. The Bertz CT molecular complexity index is 2080. The van der Waals surface area contributed by atoms with Crippen molar-refractivity contribution in [1.29, 1.82) is 0 Å². The van der Waals surface area contributed by atoms with E-state index in [9.17, 15) is 30.6 Å². The van der Waals surface area contributed by atoms with Gasteiger partial charge >= 0.3 is 0 Å². The van der Waals surface area contributed by atoms with Crippen LogP contribution >= 0.6 is 0 Å². The zero-order chi connectivity index (χ0) is 74.5. The molecule has 1 heterocycles. The van der Waals surface area contributed by atoms with Gasteiger partial charge in [0.25, 0.3) is 0 Å². The minimum atomic E-state index is -2.18. The van der Waals surface area contributed by atoms with Gasteiger partial charge < -0.3 is 54.3 Å². The highest BCUT2D eigenvalue weighted by molar-refractivity contribution is 5.10. The van der Waals surface area contributed by atoms with E-state index in [1.54, 1.807) is 0 Å². The SMILES string of the molecule is CC1CCCC2CCC(C2)C(C)CCCC(C)CCC(C)CCCC(C)C2CCC(CCCC(C)CCOC(COC3[C@@H](O)[C@H](O)[C@H](O)[C@]3(O)CO)COCCC(C)CCCC3CCC(C3)C(C)CCCC(C)CCC(C)CCCC(C)C3CCC(CCCC(C)CCOC(CO)COCC1)C3)C2. The van der Waals surface area contributed by atoms with Crippen LogP contribution in [0.5, 0.6) is 0 Å². The van der Waals surface area contributed by atoms with Crippen molar-refractivity contribution in [2.45, 2.75) is 408 Å². The molecule has 0 radical (unpaired) electrons. The van der Waals surface area contributed by atoms with E-state index < -0.39 is 42.7 Å². The minimum absolute atomic E-state index is 0.000597. The van der Waals surface area contributed by atoms with E-state index in [1.807, 2.05) is 0 Å². The standard InChI is InChI=1S/C92H174O11/c1-66-21-13-29-74(9)82-45-41-78(57-82)33-17-25-70(5)49-53-99-62-86(61-93)101-55-51-72(7)27-19-35-80-43-47-84(59-80)76(11)31-15-23-68(3)39-37-67(2)22-14-30-75(10)83-46-42-79(58-83)34-18-26-71(6)50-54-100-63-87(64-103-91-89(96)88(95)90(97)92(91,98)65-94)102-56-52-73(8)28-20-36-81-44-48-85(60-81)77(12)32-16-24-69(4)40-38-66/h66-91,93-98H,13-65H2,1-12H3/t66?,67?,68?,69?,70?,71?,72?,73?,74?,75?,76?,77?,78?,79?,80?,81?,82?,83?,84?,85?,86?,87?,88-,89-,90-,91?,92+/m0/s1. The number of rotatable bonds is 5. The predicted molar refractivity (Wildman–Crippen MR) is 429 cm³/mol. The highest BCUT2D eigenvalue weighted by atomic mass is 16.6. The van der Waals surface area contributed by atoms with E-state index >= 15 is 0 Å². The van der Waals surface area contributed by atoms with E-state index in [1.165, 1.54) is 257 Å². The average Bonchev–Trinajstić information content (AvgIpc) is 1.62. The summed E-state index contributed by atoms with van der Waals surface area (Å²) in [6.07, 6.45) is 52.2. The molecule has 0 aromatic rings. The fourth-order valence-corrected chi connectivity index (χ4v) is 20.9. The van der Waals surface area contributed by atoms with Gasteiger partial charge in [-0.05, 0) is 195 Å². The molecule has 0 aromatic heterocycles. The molecular formula is C92H174O11. The van der Waals surface area contributed by atoms with Crippen LogP contribution in [0.25, 0.3) is 0 Å². The molecule has 6 aliphatic rings. The van der Waals surface area contributed by atoms with Gasteiger partial charge in [-0.1, -0.05) is 289 Å². The molecule has 6 fully saturated rings. The number of hydrogen-bond acceptors (Lipinski definition) is 11. The van der Waals surface area contributed by atoms with E-state index in [0.29, 0.717) is 50.1 Å². The third-order valence-electron chi connectivity index (χ3n) is 29.5. The third kappa shape index (κ3) is 35.0. The van der Waals surface area contributed by atoms with Gasteiger partial charge in [0.1, 0.15) is 42.2 Å². The maximum Gasteiger partial charge on any atom is 0.145 e. The molecule has 8 bridgehead atoms. The van der Waals surface area contributed by atoms with Crippen molar-refractivity contribution in [3.8, 4) is 0 Å². The lowest BCUT2D eigenvalue weighted by molar-refractivity contribution is -0.183. The first kappa shape index (κ1) is 91.4. The van der Waals surface area contributed by atoms with Crippen molar-refractivity contribution in [3.05, 3.63) is 0 Å². The van der Waals surface area contributed by atoms with Gasteiger partial charge in [-0.3, -0.25) is 0 Å². The van der Waals surface area contributed by atoms with Crippen LogP contribution in [0.1, 0.15) is 366 Å². The van der Waals surface area contributed by atoms with Crippen molar-refractivity contribution < 1.29 is 54.3 Å². The number of aliphatic hydroxyl groups is 6. The molecule has 11 nitrogen and oxygen atoms in total. The molecule has 6 rings (SSSR count). The summed E-state index contributed by atoms with van der Waals surface area (Å²) in [5, 5.41) is 62.9. The summed E-state index contributed by atoms with van der Waals surface area (Å²) >= 11 is 0. The summed E-state index contributed by atoms with van der Waals surface area (Å²) in [7, 11) is 0. The third-order valence-corrected chi connectivity index (χ3v) is 29.5. The van der Waals surface area contributed by atoms with E-state index in [-0.39, 0.29) is 19.3 Å². The minimum Gasteiger partial charge on any atom is -0.394 e. The monoisotopic (exact) mass is 1460 g/mol. The van der Waals surface area contributed by atoms with E-state index in [0.717, 1.165) is 134 Å². The van der Waals surface area contributed by atoms with Gasteiger partial charge in [0, 0.05) is 26.4 Å². The molecule has 0 spiro atoms. The molecule has 1 aliphatic heterocycles. The topological polar surface area (TPSA) is 168 Å². The molecule has 5 aliphatic carbocycles. The molecule has 0 amide bonds. The Morgan fingerprint density at radius 2 is 0.592 bits per heavy atom. The molecule has 23 unspecified atom stereocenters. The number of fused-ring (bicyclic) bond motifs is 8. The summed E-state index contributed by atoms with van der Waals surface area (Å²) in [5.41, 5.74) is -2.18. The predicted octanol–water partition coefficient (Wildman–Crippen LogP) is 21.8. The Hall–Kier alpha value is -0.440. The number of hydrogen-bond donors (Lipinski definition) is 6. The van der Waals surface area contributed by atoms with Crippen LogP contribution in [0.3, 0.4) is 0 Å². The Kier molecular flexibility index (Phi) is 45.5. The number of ether oxygens (including phenoxy) is 5. The smallest absolute Gasteiger partial charge is 0.145 e. The summed E-state index contributed by atoms with van der Waals surface area (Å²) in [5.74, 6) is 16.4. The summed E-state index contributed by atoms with van der Waals surface area (Å²) < 4.78 is 31.1. The molecule has 1 saturated heterocycles. The van der Waals surface area contributed by atoms with Crippen molar-refractivity contribution in [3.63, 3.8) is 0 Å². The zero-order valence-electron chi connectivity index (χ0n) is 69.7. The van der Waals surface area contributed by atoms with Crippen LogP contribution in [0.2, 0.25) is 0 Å². The molecule has 608 valence electrons. The maximum atomic E-state index is 11.1. The maximum absolute atomic E-state index is 11.1. The highest BCUT2D eigenvalue weighted by Gasteiger charge is 2.60. The van der Waals surface area contributed by atoms with E-state index in [2.05, 4.69) is 83.1 Å². The van der Waals surface area contributed by atoms with E-state index in [4.69, 9.17) is 23.7 Å². The molecule has 5 saturated carbocycles. The van der Waals surface area contributed by atoms with Gasteiger partial charge in [0.05, 0.1) is 33.0 Å². The molecule has 27 atom stereocenters. The van der Waals surface area contributed by atoms with Gasteiger partial charge in [0.2, 0.25) is 0 Å². The number of aliphatic hydroxyl groups excluding tert-OH is 5. The molecule has 103 heavy (non-hydrogen) atoms. The second-order valence-electron chi connectivity index (χ2n) is 38.9. The van der Waals surface area contributed by atoms with Crippen LogP contribution < -0.4 is 0 Å². The zero-order valence-corrected chi connectivity index (χ0v) is 69.7. The Morgan fingerprint density at radius 3 is 0.903 bits per heavy atom. The second kappa shape index (κ2) is 51.2. The van der Waals surface area contributed by atoms with Crippen molar-refractivity contribution in [1.82, 2.24) is 0 Å². The Labute approximate surface area is 636 Å². The quantitative estimate of drug-likeness (QED) is 0.155. The first-order valence-corrected chi connectivity index (χ1v) is 45.5. The van der Waals surface area contributed by atoms with Gasteiger partial charge in [-0.2, -0.15) is 0 Å². The molecule has 0 aromatic carbocycles. The Balaban J connectivity index is 0.900. The van der Waals surface area contributed by atoms with Crippen molar-refractivity contribution >= 4 is 0 Å². The van der Waals surface area contributed by atoms with Crippen LogP contribution in [0.15, 0.2) is 0 Å². The van der Waals surface area contributed by atoms with Gasteiger partial charge in [-0.15, -0.1) is 0 Å². The second-order valence-corrected chi connectivity index (χ2v) is 38.9. The van der Waals surface area contributed by atoms with Crippen molar-refractivity contribution in [2.75, 3.05) is 59.5 Å². The van der Waals surface area contributed by atoms with Gasteiger partial charge in [0.15, 0.2) is 0 Å². The van der Waals surface area contributed by atoms with Crippen LogP contribution in [0.4, 0.5) is 0 Å². The van der Waals surface area contributed by atoms with Gasteiger partial charge in [-0.25, -0.2) is 0 Å². The van der Waals surface area contributed by atoms with Crippen molar-refractivity contribution in [2.24, 2.45) is 118 Å². The molecule has 6 N–H and O–H groups in total. The largest absolute Gasteiger partial charge is 0.394 e. The Morgan fingerprint density at radius 1 is 0.311 bits per heavy atom. The average molecular weight is 1460 g/mol. The molecule has 11 heteroatoms. The highest BCUT2D eigenvalue weighted by Crippen LogP contribution is 2.45. The lowest BCUT2D eigenvalue weighted by atomic mass is 9.84. The van der Waals surface area contributed by atoms with Crippen LogP contribution in [-0.2, 0) is 23.7 Å². The lowest BCUT2D eigenvalue weighted by Crippen LogP contribution is -2.53. The summed E-state index contributed by atoms with van der Waals surface area (Å²) in [4.78, 5) is 0. The molecular weight excluding hydrogens is 1280 g/mol. The lowest BCUT2D eigenvalue weighted by Gasteiger charge is -2.32. The summed E-state index contributed by atoms with van der Waals surface area (Å²) in [6, 6.07) is 0. The normalized spacial score (nSPS) is 42.7. The van der Waals surface area contributed by atoms with Crippen LogP contribution in [-0.4, -0.2) is 132 Å².